The van der Waals surface area contributed by atoms with Gasteiger partial charge in [-0.05, 0) is 18.1 Å². The molecule has 20 heavy (non-hydrogen) atoms. The van der Waals surface area contributed by atoms with E-state index in [4.69, 9.17) is 0 Å². The fourth-order valence-corrected chi connectivity index (χ4v) is 1.70. The average Bonchev–Trinajstić information content (AvgIpc) is 2.35. The lowest BCUT2D eigenvalue weighted by molar-refractivity contribution is -0.126. The van der Waals surface area contributed by atoms with Gasteiger partial charge in [-0.25, -0.2) is 4.98 Å². The van der Waals surface area contributed by atoms with Gasteiger partial charge in [0.2, 0.25) is 11.8 Å². The van der Waals surface area contributed by atoms with E-state index in [0.717, 1.165) is 5.82 Å². The first-order valence-corrected chi connectivity index (χ1v) is 6.52. The van der Waals surface area contributed by atoms with Crippen LogP contribution in [0, 0.1) is 5.92 Å². The minimum Gasteiger partial charge on any atom is -0.363 e. The van der Waals surface area contributed by atoms with Gasteiger partial charge in [-0.2, -0.15) is 0 Å². The molecule has 0 aromatic carbocycles. The molecule has 0 aliphatic carbocycles. The second-order valence-corrected chi connectivity index (χ2v) is 5.21. The molecule has 0 aliphatic heterocycles. The smallest absolute Gasteiger partial charge is 0.247 e. The maximum Gasteiger partial charge on any atom is 0.247 e. The molecule has 0 spiro atoms. The van der Waals surface area contributed by atoms with Crippen LogP contribution in [0.5, 0.6) is 0 Å². The molecule has 1 atom stereocenters. The Morgan fingerprint density at radius 2 is 1.90 bits per heavy atom. The number of carbonyl (C=O) groups excluding carboxylic acids is 2. The lowest BCUT2D eigenvalue weighted by atomic mass is 10.0. The van der Waals surface area contributed by atoms with Gasteiger partial charge in [-0.3, -0.25) is 9.59 Å². The molecule has 2 amide bonds. The second-order valence-electron chi connectivity index (χ2n) is 5.21. The van der Waals surface area contributed by atoms with Gasteiger partial charge in [0.05, 0.1) is 11.9 Å². The van der Waals surface area contributed by atoms with Crippen molar-refractivity contribution in [1.82, 2.24) is 10.3 Å². The predicted molar refractivity (Wildman–Crippen MR) is 79.6 cm³/mol. The first kappa shape index (κ1) is 15.9. The first-order valence-electron chi connectivity index (χ1n) is 6.52. The van der Waals surface area contributed by atoms with Crippen molar-refractivity contribution in [2.24, 2.45) is 5.92 Å². The monoisotopic (exact) mass is 278 g/mol. The van der Waals surface area contributed by atoms with Crippen LogP contribution >= 0.6 is 0 Å². The average molecular weight is 278 g/mol. The Kier molecular flexibility index (Phi) is 5.49. The summed E-state index contributed by atoms with van der Waals surface area (Å²) in [6.45, 7) is 5.16. The molecular formula is C14H22N4O2. The van der Waals surface area contributed by atoms with Gasteiger partial charge in [0.1, 0.15) is 11.9 Å². The number of amides is 2. The van der Waals surface area contributed by atoms with Crippen LogP contribution in [0.15, 0.2) is 18.3 Å². The molecule has 6 heteroatoms. The second kappa shape index (κ2) is 6.88. The van der Waals surface area contributed by atoms with E-state index < -0.39 is 6.04 Å². The number of hydrogen-bond donors (Lipinski definition) is 2. The van der Waals surface area contributed by atoms with Crippen LogP contribution < -0.4 is 15.5 Å². The number of pyridine rings is 1. The lowest BCUT2D eigenvalue weighted by Crippen LogP contribution is -2.46. The largest absolute Gasteiger partial charge is 0.363 e. The SMILES string of the molecule is CC(=O)N[C@@H](C(=O)Nc1ccc(N(C)C)nc1)C(C)C. The maximum atomic E-state index is 12.1. The van der Waals surface area contributed by atoms with Gasteiger partial charge >= 0.3 is 0 Å². The third-order valence-corrected chi connectivity index (χ3v) is 2.78. The van der Waals surface area contributed by atoms with Crippen LogP contribution in [0.2, 0.25) is 0 Å². The Balaban J connectivity index is 2.75. The van der Waals surface area contributed by atoms with E-state index in [2.05, 4.69) is 15.6 Å². The van der Waals surface area contributed by atoms with Gasteiger partial charge in [0.15, 0.2) is 0 Å². The highest BCUT2D eigenvalue weighted by Gasteiger charge is 2.23. The van der Waals surface area contributed by atoms with Crippen molar-refractivity contribution in [2.45, 2.75) is 26.8 Å². The molecule has 1 heterocycles. The van der Waals surface area contributed by atoms with E-state index >= 15 is 0 Å². The Bertz CT molecular complexity index is 469. The van der Waals surface area contributed by atoms with E-state index in [1.165, 1.54) is 6.92 Å². The normalized spacial score (nSPS) is 11.9. The number of anilines is 2. The Morgan fingerprint density at radius 1 is 1.25 bits per heavy atom. The first-order chi connectivity index (χ1) is 9.31. The summed E-state index contributed by atoms with van der Waals surface area (Å²) in [5.74, 6) is 0.354. The summed E-state index contributed by atoms with van der Waals surface area (Å²) in [5, 5.41) is 5.41. The highest BCUT2D eigenvalue weighted by atomic mass is 16.2. The van der Waals surface area contributed by atoms with Crippen molar-refractivity contribution in [1.29, 1.82) is 0 Å². The summed E-state index contributed by atoms with van der Waals surface area (Å²) in [5.41, 5.74) is 0.608. The van der Waals surface area contributed by atoms with Gasteiger partial charge in [-0.1, -0.05) is 13.8 Å². The summed E-state index contributed by atoms with van der Waals surface area (Å²) in [6.07, 6.45) is 1.60. The van der Waals surface area contributed by atoms with Crippen molar-refractivity contribution < 1.29 is 9.59 Å². The Labute approximate surface area is 119 Å². The van der Waals surface area contributed by atoms with Gasteiger partial charge in [0.25, 0.3) is 0 Å². The van der Waals surface area contributed by atoms with Crippen molar-refractivity contribution >= 4 is 23.3 Å². The molecule has 2 N–H and O–H groups in total. The molecule has 0 unspecified atom stereocenters. The topological polar surface area (TPSA) is 74.3 Å². The van der Waals surface area contributed by atoms with Crippen molar-refractivity contribution in [2.75, 3.05) is 24.3 Å². The van der Waals surface area contributed by atoms with Crippen LogP contribution in [-0.2, 0) is 9.59 Å². The van der Waals surface area contributed by atoms with Crippen LogP contribution in [0.1, 0.15) is 20.8 Å². The van der Waals surface area contributed by atoms with Crippen LogP contribution in [-0.4, -0.2) is 36.9 Å². The van der Waals surface area contributed by atoms with Crippen molar-refractivity contribution in [3.05, 3.63) is 18.3 Å². The molecule has 110 valence electrons. The highest BCUT2D eigenvalue weighted by Crippen LogP contribution is 2.13. The minimum atomic E-state index is -0.555. The molecule has 0 radical (unpaired) electrons. The number of carbonyl (C=O) groups is 2. The maximum absolute atomic E-state index is 12.1. The lowest BCUT2D eigenvalue weighted by Gasteiger charge is -2.21. The molecular weight excluding hydrogens is 256 g/mol. The van der Waals surface area contributed by atoms with E-state index in [1.807, 2.05) is 38.9 Å². The van der Waals surface area contributed by atoms with E-state index in [9.17, 15) is 9.59 Å². The molecule has 0 aliphatic rings. The quantitative estimate of drug-likeness (QED) is 0.850. The van der Waals surface area contributed by atoms with Gasteiger partial charge < -0.3 is 15.5 Å². The van der Waals surface area contributed by atoms with Gasteiger partial charge in [-0.15, -0.1) is 0 Å². The minimum absolute atomic E-state index is 0.00732. The molecule has 0 bridgehead atoms. The highest BCUT2D eigenvalue weighted by molar-refractivity contribution is 5.97. The van der Waals surface area contributed by atoms with Crippen LogP contribution in [0.25, 0.3) is 0 Å². The molecule has 0 saturated heterocycles. The summed E-state index contributed by atoms with van der Waals surface area (Å²) >= 11 is 0. The Hall–Kier alpha value is -2.11. The fourth-order valence-electron chi connectivity index (χ4n) is 1.70. The van der Waals surface area contributed by atoms with Crippen LogP contribution in [0.4, 0.5) is 11.5 Å². The van der Waals surface area contributed by atoms with Crippen LogP contribution in [0.3, 0.4) is 0 Å². The third-order valence-electron chi connectivity index (χ3n) is 2.78. The standard InChI is InChI=1S/C14H22N4O2/c1-9(2)13(16-10(3)19)14(20)17-11-6-7-12(15-8-11)18(4)5/h6-9,13H,1-5H3,(H,16,19)(H,17,20)/t13-/m1/s1. The van der Waals surface area contributed by atoms with Crippen molar-refractivity contribution in [3.8, 4) is 0 Å². The molecule has 0 fully saturated rings. The third kappa shape index (κ3) is 4.53. The number of hydrogen-bond acceptors (Lipinski definition) is 4. The van der Waals surface area contributed by atoms with Crippen molar-refractivity contribution in [3.63, 3.8) is 0 Å². The Morgan fingerprint density at radius 3 is 2.30 bits per heavy atom. The summed E-state index contributed by atoms with van der Waals surface area (Å²) < 4.78 is 0. The summed E-state index contributed by atoms with van der Waals surface area (Å²) in [6, 6.07) is 3.05. The molecule has 1 aromatic heterocycles. The summed E-state index contributed by atoms with van der Waals surface area (Å²) in [7, 11) is 3.79. The number of nitrogens with one attached hydrogen (secondary N) is 2. The molecule has 1 aromatic rings. The molecule has 6 nitrogen and oxygen atoms in total. The van der Waals surface area contributed by atoms with E-state index in [0.29, 0.717) is 5.69 Å². The summed E-state index contributed by atoms with van der Waals surface area (Å²) in [4.78, 5) is 29.4. The predicted octanol–water partition coefficient (Wildman–Crippen LogP) is 1.25. The molecule has 0 saturated carbocycles. The van der Waals surface area contributed by atoms with E-state index in [1.54, 1.807) is 12.3 Å². The number of nitrogens with zero attached hydrogens (tertiary/aromatic N) is 2. The van der Waals surface area contributed by atoms with Gasteiger partial charge in [0, 0.05) is 21.0 Å². The fraction of sp³-hybridized carbons (Fsp3) is 0.500. The zero-order chi connectivity index (χ0) is 15.3. The molecule has 1 rings (SSSR count). The van der Waals surface area contributed by atoms with E-state index in [-0.39, 0.29) is 17.7 Å². The zero-order valence-corrected chi connectivity index (χ0v) is 12.6. The number of rotatable bonds is 5. The zero-order valence-electron chi connectivity index (χ0n) is 12.6. The number of aromatic nitrogens is 1.